The molecule has 0 aliphatic rings. The van der Waals surface area contributed by atoms with Crippen molar-refractivity contribution in [2.45, 2.75) is 51.5 Å². The van der Waals surface area contributed by atoms with Crippen LogP contribution in [-0.2, 0) is 10.0 Å². The Labute approximate surface area is 122 Å². The number of sulfonamides is 1. The molecule has 0 aliphatic heterocycles. The highest BCUT2D eigenvalue weighted by molar-refractivity contribution is 7.89. The summed E-state index contributed by atoms with van der Waals surface area (Å²) in [7, 11) is -3.55. The van der Waals surface area contributed by atoms with Crippen molar-refractivity contribution in [2.75, 3.05) is 11.9 Å². The fraction of sp³-hybridized carbons (Fsp3) is 0.643. The highest BCUT2D eigenvalue weighted by Crippen LogP contribution is 2.19. The van der Waals surface area contributed by atoms with Gasteiger partial charge in [0.25, 0.3) is 0 Å². The predicted molar refractivity (Wildman–Crippen MR) is 82.3 cm³/mol. The van der Waals surface area contributed by atoms with Gasteiger partial charge in [0.2, 0.25) is 10.0 Å². The lowest BCUT2D eigenvalue weighted by atomic mass is 10.0. The van der Waals surface area contributed by atoms with Crippen LogP contribution in [0.5, 0.6) is 0 Å². The average Bonchev–Trinajstić information content (AvgIpc) is 2.42. The quantitative estimate of drug-likeness (QED) is 0.774. The van der Waals surface area contributed by atoms with Crippen LogP contribution in [0.2, 0.25) is 0 Å². The van der Waals surface area contributed by atoms with Crippen LogP contribution in [0.15, 0.2) is 23.2 Å². The van der Waals surface area contributed by atoms with E-state index in [1.54, 1.807) is 18.3 Å². The zero-order valence-electron chi connectivity index (χ0n) is 12.7. The van der Waals surface area contributed by atoms with Gasteiger partial charge in [0, 0.05) is 18.8 Å². The highest BCUT2D eigenvalue weighted by Gasteiger charge is 2.24. The molecular weight excluding hydrogens is 274 g/mol. The SMILES string of the molecule is CCCNc1ncccc1S(=O)(=O)NC(CC)C(C)C. The van der Waals surface area contributed by atoms with Crippen molar-refractivity contribution in [1.82, 2.24) is 9.71 Å². The number of aromatic nitrogens is 1. The second kappa shape index (κ2) is 7.59. The van der Waals surface area contributed by atoms with E-state index in [9.17, 15) is 8.42 Å². The van der Waals surface area contributed by atoms with Gasteiger partial charge in [-0.25, -0.2) is 18.1 Å². The van der Waals surface area contributed by atoms with Crippen molar-refractivity contribution in [3.63, 3.8) is 0 Å². The van der Waals surface area contributed by atoms with Crippen molar-refractivity contribution in [3.05, 3.63) is 18.3 Å². The topological polar surface area (TPSA) is 71.1 Å². The minimum atomic E-state index is -3.55. The maximum atomic E-state index is 12.5. The van der Waals surface area contributed by atoms with E-state index in [2.05, 4.69) is 15.0 Å². The van der Waals surface area contributed by atoms with E-state index in [0.29, 0.717) is 12.4 Å². The third-order valence-corrected chi connectivity index (χ3v) is 4.68. The molecule has 0 aliphatic carbocycles. The van der Waals surface area contributed by atoms with Gasteiger partial charge in [-0.15, -0.1) is 0 Å². The van der Waals surface area contributed by atoms with Crippen LogP contribution in [0.1, 0.15) is 40.5 Å². The molecule has 0 spiro atoms. The van der Waals surface area contributed by atoms with Crippen LogP contribution in [0.3, 0.4) is 0 Å². The van der Waals surface area contributed by atoms with Crippen LogP contribution in [0, 0.1) is 5.92 Å². The van der Waals surface area contributed by atoms with E-state index >= 15 is 0 Å². The number of hydrogen-bond donors (Lipinski definition) is 2. The number of pyridine rings is 1. The Bertz CT molecular complexity index is 515. The van der Waals surface area contributed by atoms with Crippen LogP contribution >= 0.6 is 0 Å². The molecule has 2 N–H and O–H groups in total. The summed E-state index contributed by atoms with van der Waals surface area (Å²) in [4.78, 5) is 4.35. The summed E-state index contributed by atoms with van der Waals surface area (Å²) in [6, 6.07) is 3.15. The Kier molecular flexibility index (Phi) is 6.42. The lowest BCUT2D eigenvalue weighted by molar-refractivity contribution is 0.437. The Hall–Kier alpha value is -1.14. The zero-order chi connectivity index (χ0) is 15.2. The fourth-order valence-corrected chi connectivity index (χ4v) is 3.54. The standard InChI is InChI=1S/C14H25N3O2S/c1-5-9-15-14-13(8-7-10-16-14)20(18,19)17-12(6-2)11(3)4/h7-8,10-12,17H,5-6,9H2,1-4H3,(H,15,16). The second-order valence-corrected chi connectivity index (χ2v) is 6.84. The zero-order valence-corrected chi connectivity index (χ0v) is 13.5. The van der Waals surface area contributed by atoms with E-state index in [4.69, 9.17) is 0 Å². The minimum absolute atomic E-state index is 0.0702. The predicted octanol–water partition coefficient (Wildman–Crippen LogP) is 2.62. The summed E-state index contributed by atoms with van der Waals surface area (Å²) in [5, 5.41) is 3.06. The second-order valence-electron chi connectivity index (χ2n) is 5.16. The third kappa shape index (κ3) is 4.45. The molecule has 1 aromatic rings. The largest absolute Gasteiger partial charge is 0.369 e. The molecule has 0 bridgehead atoms. The van der Waals surface area contributed by atoms with Crippen molar-refractivity contribution in [1.29, 1.82) is 0 Å². The Morgan fingerprint density at radius 1 is 1.30 bits per heavy atom. The molecule has 6 heteroatoms. The summed E-state index contributed by atoms with van der Waals surface area (Å²) in [5.41, 5.74) is 0. The normalized spacial score (nSPS) is 13.4. The molecule has 0 aromatic carbocycles. The van der Waals surface area contributed by atoms with Gasteiger partial charge in [-0.3, -0.25) is 0 Å². The first-order valence-electron chi connectivity index (χ1n) is 7.13. The van der Waals surface area contributed by atoms with Gasteiger partial charge in [0.05, 0.1) is 0 Å². The summed E-state index contributed by atoms with van der Waals surface area (Å²) in [6.45, 7) is 8.72. The van der Waals surface area contributed by atoms with E-state index in [-0.39, 0.29) is 16.9 Å². The maximum absolute atomic E-state index is 12.5. The fourth-order valence-electron chi connectivity index (χ4n) is 1.94. The number of rotatable bonds is 8. The average molecular weight is 299 g/mol. The summed E-state index contributed by atoms with van der Waals surface area (Å²) < 4.78 is 27.8. The monoisotopic (exact) mass is 299 g/mol. The molecule has 1 heterocycles. The van der Waals surface area contributed by atoms with Crippen LogP contribution in [0.4, 0.5) is 5.82 Å². The molecule has 0 radical (unpaired) electrons. The minimum Gasteiger partial charge on any atom is -0.369 e. The van der Waals surface area contributed by atoms with Crippen LogP contribution in [-0.4, -0.2) is 26.0 Å². The van der Waals surface area contributed by atoms with Gasteiger partial charge in [0.15, 0.2) is 0 Å². The van der Waals surface area contributed by atoms with Crippen molar-refractivity contribution in [3.8, 4) is 0 Å². The van der Waals surface area contributed by atoms with Gasteiger partial charge in [-0.2, -0.15) is 0 Å². The van der Waals surface area contributed by atoms with Gasteiger partial charge < -0.3 is 5.32 Å². The Balaban J connectivity index is 3.02. The van der Waals surface area contributed by atoms with Crippen LogP contribution < -0.4 is 10.0 Å². The number of anilines is 1. The number of nitrogens with zero attached hydrogens (tertiary/aromatic N) is 1. The molecule has 1 atom stereocenters. The summed E-state index contributed by atoms with van der Waals surface area (Å²) in [5.74, 6) is 0.666. The number of hydrogen-bond acceptors (Lipinski definition) is 4. The summed E-state index contributed by atoms with van der Waals surface area (Å²) >= 11 is 0. The molecule has 0 saturated heterocycles. The highest BCUT2D eigenvalue weighted by atomic mass is 32.2. The first-order chi connectivity index (χ1) is 9.42. The Morgan fingerprint density at radius 2 is 2.00 bits per heavy atom. The Morgan fingerprint density at radius 3 is 2.55 bits per heavy atom. The maximum Gasteiger partial charge on any atom is 0.244 e. The van der Waals surface area contributed by atoms with Crippen molar-refractivity contribution < 1.29 is 8.42 Å². The molecule has 1 aromatic heterocycles. The lowest BCUT2D eigenvalue weighted by Gasteiger charge is -2.21. The smallest absolute Gasteiger partial charge is 0.244 e. The van der Waals surface area contributed by atoms with Crippen molar-refractivity contribution >= 4 is 15.8 Å². The molecule has 1 unspecified atom stereocenters. The van der Waals surface area contributed by atoms with Gasteiger partial charge in [-0.05, 0) is 30.9 Å². The molecule has 5 nitrogen and oxygen atoms in total. The molecular formula is C14H25N3O2S. The molecule has 0 saturated carbocycles. The van der Waals surface area contributed by atoms with E-state index in [0.717, 1.165) is 12.8 Å². The van der Waals surface area contributed by atoms with Gasteiger partial charge in [0.1, 0.15) is 10.7 Å². The van der Waals surface area contributed by atoms with Crippen molar-refractivity contribution in [2.24, 2.45) is 5.92 Å². The molecule has 114 valence electrons. The first kappa shape index (κ1) is 16.9. The first-order valence-corrected chi connectivity index (χ1v) is 8.61. The van der Waals surface area contributed by atoms with Crippen LogP contribution in [0.25, 0.3) is 0 Å². The number of nitrogens with one attached hydrogen (secondary N) is 2. The van der Waals surface area contributed by atoms with E-state index < -0.39 is 10.0 Å². The summed E-state index contributed by atoms with van der Waals surface area (Å²) in [6.07, 6.45) is 3.26. The lowest BCUT2D eigenvalue weighted by Crippen LogP contribution is -2.38. The van der Waals surface area contributed by atoms with E-state index in [1.165, 1.54) is 0 Å². The molecule has 0 fully saturated rings. The molecule has 20 heavy (non-hydrogen) atoms. The molecule has 0 amide bonds. The van der Waals surface area contributed by atoms with E-state index in [1.807, 2.05) is 27.7 Å². The van der Waals surface area contributed by atoms with Gasteiger partial charge >= 0.3 is 0 Å². The van der Waals surface area contributed by atoms with Gasteiger partial charge in [-0.1, -0.05) is 27.7 Å². The molecule has 1 rings (SSSR count). The third-order valence-electron chi connectivity index (χ3n) is 3.15.